The third-order valence-corrected chi connectivity index (χ3v) is 5.86. The first-order chi connectivity index (χ1) is 12.0. The summed E-state index contributed by atoms with van der Waals surface area (Å²) in [4.78, 5) is 15.0. The number of aromatic nitrogens is 4. The minimum absolute atomic E-state index is 0.148. The van der Waals surface area contributed by atoms with E-state index in [4.69, 9.17) is 11.6 Å². The molecule has 0 bridgehead atoms. The lowest BCUT2D eigenvalue weighted by molar-refractivity contribution is -0.136. The van der Waals surface area contributed by atoms with Crippen LogP contribution in [0.5, 0.6) is 0 Å². The summed E-state index contributed by atoms with van der Waals surface area (Å²) in [5.74, 6) is 0.148. The van der Waals surface area contributed by atoms with Crippen LogP contribution in [0, 0.1) is 0 Å². The number of hydrogen-bond donors (Lipinski definition) is 0. The van der Waals surface area contributed by atoms with Gasteiger partial charge in [-0.15, -0.1) is 5.10 Å². The minimum Gasteiger partial charge on any atom is -0.336 e. The summed E-state index contributed by atoms with van der Waals surface area (Å²) in [7, 11) is 0. The highest BCUT2D eigenvalue weighted by Gasteiger charge is 2.32. The van der Waals surface area contributed by atoms with Gasteiger partial charge in [0.05, 0.1) is 10.9 Å². The first-order valence-corrected chi connectivity index (χ1v) is 9.76. The fraction of sp³-hybridized carbons (Fsp3) is 0.529. The largest absolute Gasteiger partial charge is 0.336 e. The number of nitrogens with zero attached hydrogens (tertiary/aromatic N) is 5. The second-order valence-corrected chi connectivity index (χ2v) is 8.23. The average molecular weight is 380 g/mol. The van der Waals surface area contributed by atoms with Crippen LogP contribution in [0.1, 0.15) is 40.0 Å². The van der Waals surface area contributed by atoms with E-state index in [2.05, 4.69) is 29.4 Å². The van der Waals surface area contributed by atoms with E-state index >= 15 is 0 Å². The van der Waals surface area contributed by atoms with Crippen molar-refractivity contribution < 1.29 is 4.79 Å². The molecule has 2 aromatic rings. The van der Waals surface area contributed by atoms with Crippen LogP contribution in [0.4, 0.5) is 0 Å². The predicted octanol–water partition coefficient (Wildman–Crippen LogP) is 3.59. The van der Waals surface area contributed by atoms with Gasteiger partial charge in [0, 0.05) is 17.1 Å². The zero-order valence-corrected chi connectivity index (χ0v) is 16.2. The number of hydrogen-bond acceptors (Lipinski definition) is 5. The van der Waals surface area contributed by atoms with Crippen LogP contribution in [0.25, 0.3) is 5.69 Å². The SMILES string of the molecule is C[C@@H](Sc1nnnn1-c1ccc(Cl)cc1)C(=O)N1[C@@H](C)CCC[C@@H]1C. The van der Waals surface area contributed by atoms with Gasteiger partial charge in [0.2, 0.25) is 11.1 Å². The molecule has 1 aliphatic rings. The molecule has 1 aliphatic heterocycles. The molecule has 0 unspecified atom stereocenters. The lowest BCUT2D eigenvalue weighted by Crippen LogP contribution is -2.50. The van der Waals surface area contributed by atoms with Crippen LogP contribution >= 0.6 is 23.4 Å². The summed E-state index contributed by atoms with van der Waals surface area (Å²) < 4.78 is 1.63. The van der Waals surface area contributed by atoms with E-state index in [-0.39, 0.29) is 23.2 Å². The van der Waals surface area contributed by atoms with Gasteiger partial charge < -0.3 is 4.90 Å². The summed E-state index contributed by atoms with van der Waals surface area (Å²) in [6, 6.07) is 7.85. The van der Waals surface area contributed by atoms with Crippen molar-refractivity contribution >= 4 is 29.3 Å². The first-order valence-electron chi connectivity index (χ1n) is 8.50. The number of tetrazole rings is 1. The zero-order valence-electron chi connectivity index (χ0n) is 14.6. The molecule has 0 N–H and O–H groups in total. The van der Waals surface area contributed by atoms with Gasteiger partial charge in [0.1, 0.15) is 0 Å². The van der Waals surface area contributed by atoms with Crippen LogP contribution in [0.3, 0.4) is 0 Å². The fourth-order valence-corrected chi connectivity index (χ4v) is 4.26. The van der Waals surface area contributed by atoms with Gasteiger partial charge in [-0.2, -0.15) is 4.68 Å². The van der Waals surface area contributed by atoms with E-state index in [0.29, 0.717) is 10.2 Å². The molecule has 0 radical (unpaired) electrons. The summed E-state index contributed by atoms with van der Waals surface area (Å²) in [6.07, 6.45) is 3.31. The smallest absolute Gasteiger partial charge is 0.236 e. The number of halogens is 1. The Morgan fingerprint density at radius 3 is 2.52 bits per heavy atom. The van der Waals surface area contributed by atoms with Crippen molar-refractivity contribution in [1.29, 1.82) is 0 Å². The van der Waals surface area contributed by atoms with E-state index in [1.54, 1.807) is 16.8 Å². The Labute approximate surface area is 156 Å². The maximum atomic E-state index is 12.9. The molecule has 2 heterocycles. The molecular weight excluding hydrogens is 358 g/mol. The van der Waals surface area contributed by atoms with Crippen LogP contribution < -0.4 is 0 Å². The number of piperidine rings is 1. The van der Waals surface area contributed by atoms with Gasteiger partial charge in [0.25, 0.3) is 0 Å². The Balaban J connectivity index is 1.75. The summed E-state index contributed by atoms with van der Waals surface area (Å²) >= 11 is 7.32. The number of carbonyl (C=O) groups is 1. The molecule has 1 aromatic carbocycles. The topological polar surface area (TPSA) is 63.9 Å². The van der Waals surface area contributed by atoms with Gasteiger partial charge >= 0.3 is 0 Å². The average Bonchev–Trinajstić information content (AvgIpc) is 3.03. The Morgan fingerprint density at radius 2 is 1.88 bits per heavy atom. The van der Waals surface area contributed by atoms with Gasteiger partial charge in [-0.05, 0) is 74.7 Å². The monoisotopic (exact) mass is 379 g/mol. The van der Waals surface area contributed by atoms with Crippen molar-refractivity contribution in [2.24, 2.45) is 0 Å². The molecule has 0 aliphatic carbocycles. The summed E-state index contributed by atoms with van der Waals surface area (Å²) in [5, 5.41) is 12.9. The van der Waals surface area contributed by atoms with Crippen LogP contribution in [-0.2, 0) is 4.79 Å². The standard InChI is InChI=1S/C17H22ClN5OS/c1-11-5-4-6-12(2)22(11)16(24)13(3)25-17-19-20-21-23(17)15-9-7-14(18)8-10-15/h7-13H,4-6H2,1-3H3/t11-,12-,13+/m0/s1. The number of benzene rings is 1. The molecular formula is C17H22ClN5OS. The van der Waals surface area contributed by atoms with Crippen molar-refractivity contribution in [2.75, 3.05) is 0 Å². The fourth-order valence-electron chi connectivity index (χ4n) is 3.27. The van der Waals surface area contributed by atoms with Gasteiger partial charge in [-0.3, -0.25) is 4.79 Å². The molecule has 134 valence electrons. The molecule has 1 aromatic heterocycles. The highest BCUT2D eigenvalue weighted by Crippen LogP contribution is 2.29. The van der Waals surface area contributed by atoms with Crippen LogP contribution in [0.15, 0.2) is 29.4 Å². The lowest BCUT2D eigenvalue weighted by atomic mass is 9.97. The number of amides is 1. The maximum absolute atomic E-state index is 12.9. The molecule has 3 atom stereocenters. The minimum atomic E-state index is -0.250. The number of likely N-dealkylation sites (tertiary alicyclic amines) is 1. The highest BCUT2D eigenvalue weighted by molar-refractivity contribution is 8.00. The molecule has 0 saturated carbocycles. The van der Waals surface area contributed by atoms with Gasteiger partial charge in [-0.1, -0.05) is 23.4 Å². The molecule has 1 fully saturated rings. The third-order valence-electron chi connectivity index (χ3n) is 4.59. The van der Waals surface area contributed by atoms with Gasteiger partial charge in [0.15, 0.2) is 0 Å². The van der Waals surface area contributed by atoms with Crippen LogP contribution in [0.2, 0.25) is 5.02 Å². The Morgan fingerprint density at radius 1 is 1.24 bits per heavy atom. The van der Waals surface area contributed by atoms with E-state index in [9.17, 15) is 4.79 Å². The molecule has 25 heavy (non-hydrogen) atoms. The van der Waals surface area contributed by atoms with E-state index < -0.39 is 0 Å². The molecule has 1 amide bonds. The normalized spacial score (nSPS) is 22.0. The predicted molar refractivity (Wildman–Crippen MR) is 99.1 cm³/mol. The zero-order chi connectivity index (χ0) is 18.0. The lowest BCUT2D eigenvalue weighted by Gasteiger charge is -2.40. The molecule has 1 saturated heterocycles. The third kappa shape index (κ3) is 3.98. The maximum Gasteiger partial charge on any atom is 0.236 e. The number of rotatable bonds is 4. The van der Waals surface area contributed by atoms with Crippen molar-refractivity contribution in [1.82, 2.24) is 25.1 Å². The second-order valence-electron chi connectivity index (χ2n) is 6.48. The molecule has 6 nitrogen and oxygen atoms in total. The quantitative estimate of drug-likeness (QED) is 0.759. The summed E-state index contributed by atoms with van der Waals surface area (Å²) in [6.45, 7) is 6.17. The Kier molecular flexibility index (Phi) is 5.64. The van der Waals surface area contributed by atoms with Gasteiger partial charge in [-0.25, -0.2) is 0 Å². The number of thioether (sulfide) groups is 1. The molecule has 3 rings (SSSR count). The second kappa shape index (κ2) is 7.74. The Bertz CT molecular complexity index is 725. The Hall–Kier alpha value is -1.60. The van der Waals surface area contributed by atoms with Crippen LogP contribution in [-0.4, -0.2) is 48.3 Å². The van der Waals surface area contributed by atoms with E-state index in [1.165, 1.54) is 18.2 Å². The first kappa shape index (κ1) is 18.2. The molecule has 0 spiro atoms. The van der Waals surface area contributed by atoms with E-state index in [0.717, 1.165) is 18.5 Å². The van der Waals surface area contributed by atoms with Crippen molar-refractivity contribution in [2.45, 2.75) is 62.5 Å². The van der Waals surface area contributed by atoms with Crippen molar-refractivity contribution in [3.05, 3.63) is 29.3 Å². The van der Waals surface area contributed by atoms with Crippen molar-refractivity contribution in [3.8, 4) is 5.69 Å². The van der Waals surface area contributed by atoms with Crippen molar-refractivity contribution in [3.63, 3.8) is 0 Å². The number of carbonyl (C=O) groups excluding carboxylic acids is 1. The summed E-state index contributed by atoms with van der Waals surface area (Å²) in [5.41, 5.74) is 0.816. The molecule has 8 heteroatoms. The van der Waals surface area contributed by atoms with E-state index in [1.807, 2.05) is 24.0 Å². The highest BCUT2D eigenvalue weighted by atomic mass is 35.5.